The van der Waals surface area contributed by atoms with E-state index in [9.17, 15) is 4.79 Å². The molecule has 1 amide bonds. The maximum absolute atomic E-state index is 13.5. The molecule has 7 atom stereocenters. The topological polar surface area (TPSA) is 59.0 Å². The third-order valence-corrected chi connectivity index (χ3v) is 9.34. The molecule has 1 aromatic heterocycles. The van der Waals surface area contributed by atoms with Gasteiger partial charge in [0.1, 0.15) is 11.4 Å². The van der Waals surface area contributed by atoms with Gasteiger partial charge in [-0.1, -0.05) is 49.6 Å². The Balaban J connectivity index is 1.22. The molecule has 0 radical (unpaired) electrons. The van der Waals surface area contributed by atoms with Gasteiger partial charge in [0.05, 0.1) is 18.3 Å². The summed E-state index contributed by atoms with van der Waals surface area (Å²) >= 11 is 0. The number of amides is 1. The van der Waals surface area contributed by atoms with Crippen molar-refractivity contribution in [1.29, 1.82) is 0 Å². The zero-order valence-corrected chi connectivity index (χ0v) is 19.4. The van der Waals surface area contributed by atoms with Gasteiger partial charge in [-0.2, -0.15) is 5.10 Å². The van der Waals surface area contributed by atoms with Crippen LogP contribution in [0.3, 0.4) is 0 Å². The maximum Gasteiger partial charge on any atom is 0.256 e. The molecule has 2 heterocycles. The molecular weight excluding hydrogens is 396 g/mol. The summed E-state index contributed by atoms with van der Waals surface area (Å²) in [7, 11) is 0. The van der Waals surface area contributed by atoms with E-state index in [1.165, 1.54) is 50.5 Å². The van der Waals surface area contributed by atoms with Crippen molar-refractivity contribution in [3.05, 3.63) is 47.7 Å². The lowest BCUT2D eigenvalue weighted by molar-refractivity contribution is 0.0773. The van der Waals surface area contributed by atoms with E-state index < -0.39 is 0 Å². The van der Waals surface area contributed by atoms with Crippen LogP contribution >= 0.6 is 0 Å². The second kappa shape index (κ2) is 7.64. The lowest BCUT2D eigenvalue weighted by Gasteiger charge is -2.42. The molecule has 5 nitrogen and oxygen atoms in total. The molecule has 4 aliphatic rings. The zero-order chi connectivity index (χ0) is 21.9. The number of nitrogens with zero attached hydrogens (tertiary/aromatic N) is 2. The highest BCUT2D eigenvalue weighted by Gasteiger charge is 2.54. The minimum atomic E-state index is 0.0284. The molecule has 1 aliphatic heterocycles. The lowest BCUT2D eigenvalue weighted by atomic mass is 9.66. The van der Waals surface area contributed by atoms with Gasteiger partial charge < -0.3 is 10.6 Å². The Morgan fingerprint density at radius 3 is 2.81 bits per heavy atom. The van der Waals surface area contributed by atoms with Crippen LogP contribution in [0.4, 0.5) is 5.82 Å². The fourth-order valence-electron chi connectivity index (χ4n) is 7.75. The minimum Gasteiger partial charge on any atom is -0.363 e. The van der Waals surface area contributed by atoms with E-state index in [0.717, 1.165) is 30.0 Å². The van der Waals surface area contributed by atoms with Crippen molar-refractivity contribution < 1.29 is 4.79 Å². The van der Waals surface area contributed by atoms with Crippen molar-refractivity contribution in [3.8, 4) is 0 Å². The monoisotopic (exact) mass is 432 g/mol. The summed E-state index contributed by atoms with van der Waals surface area (Å²) in [6.45, 7) is 4.45. The second-order valence-corrected chi connectivity index (χ2v) is 11.3. The number of aromatic nitrogens is 2. The fourth-order valence-corrected chi connectivity index (χ4v) is 7.75. The van der Waals surface area contributed by atoms with Crippen LogP contribution in [0.25, 0.3) is 0 Å². The van der Waals surface area contributed by atoms with Gasteiger partial charge in [0, 0.05) is 6.04 Å². The summed E-state index contributed by atoms with van der Waals surface area (Å²) in [5, 5.41) is 11.7. The Morgan fingerprint density at radius 1 is 1.16 bits per heavy atom. The molecular formula is C27H36N4O. The van der Waals surface area contributed by atoms with Crippen LogP contribution in [0, 0.1) is 23.2 Å². The molecule has 1 aromatic carbocycles. The van der Waals surface area contributed by atoms with Gasteiger partial charge in [-0.25, -0.2) is 4.68 Å². The first-order valence-corrected chi connectivity index (χ1v) is 12.7. The first-order valence-electron chi connectivity index (χ1n) is 12.7. The summed E-state index contributed by atoms with van der Waals surface area (Å²) in [6, 6.07) is 11.2. The van der Waals surface area contributed by atoms with Gasteiger partial charge in [0.25, 0.3) is 5.91 Å². The maximum atomic E-state index is 13.5. The molecule has 7 unspecified atom stereocenters. The highest BCUT2D eigenvalue weighted by Crippen LogP contribution is 2.61. The molecule has 3 fully saturated rings. The Bertz CT molecular complexity index is 996. The highest BCUT2D eigenvalue weighted by atomic mass is 16.1. The summed E-state index contributed by atoms with van der Waals surface area (Å²) in [6.07, 6.45) is 12.3. The van der Waals surface area contributed by atoms with Crippen LogP contribution in [-0.2, 0) is 0 Å². The molecule has 32 heavy (non-hydrogen) atoms. The number of anilines is 1. The number of rotatable bonds is 4. The number of hydrogen-bond donors (Lipinski definition) is 2. The summed E-state index contributed by atoms with van der Waals surface area (Å²) in [5.41, 5.74) is 2.25. The molecule has 170 valence electrons. The van der Waals surface area contributed by atoms with Gasteiger partial charge in [-0.15, -0.1) is 0 Å². The minimum absolute atomic E-state index is 0.0284. The van der Waals surface area contributed by atoms with Crippen molar-refractivity contribution in [2.24, 2.45) is 23.2 Å². The van der Waals surface area contributed by atoms with Gasteiger partial charge in [0.15, 0.2) is 0 Å². The number of carbonyl (C=O) groups is 1. The number of nitrogens with one attached hydrogen (secondary N) is 2. The third kappa shape index (κ3) is 3.27. The smallest absolute Gasteiger partial charge is 0.256 e. The molecule has 3 saturated carbocycles. The second-order valence-electron chi connectivity index (χ2n) is 11.3. The molecule has 2 aromatic rings. The van der Waals surface area contributed by atoms with E-state index in [4.69, 9.17) is 0 Å². The van der Waals surface area contributed by atoms with Crippen molar-refractivity contribution in [1.82, 2.24) is 15.1 Å². The average molecular weight is 433 g/mol. The average Bonchev–Trinajstić information content (AvgIpc) is 3.29. The number of carbonyl (C=O) groups excluding carboxylic acids is 1. The van der Waals surface area contributed by atoms with Crippen molar-refractivity contribution in [2.75, 3.05) is 5.32 Å². The highest BCUT2D eigenvalue weighted by molar-refractivity contribution is 5.99. The Kier molecular flexibility index (Phi) is 4.85. The molecule has 5 heteroatoms. The predicted octanol–water partition coefficient (Wildman–Crippen LogP) is 5.73. The lowest BCUT2D eigenvalue weighted by Crippen LogP contribution is -2.47. The Labute approximate surface area is 191 Å². The SMILES string of the molecule is CC1CC(c2ccccc2)Nc2c(C(=O)NC(C)C34CC5CCCC(C3)C(C5)C4)cnn21. The van der Waals surface area contributed by atoms with Gasteiger partial charge in [-0.3, -0.25) is 4.79 Å². The molecule has 2 N–H and O–H groups in total. The Morgan fingerprint density at radius 2 is 1.97 bits per heavy atom. The van der Waals surface area contributed by atoms with Gasteiger partial charge >= 0.3 is 0 Å². The summed E-state index contributed by atoms with van der Waals surface area (Å²) < 4.78 is 1.99. The van der Waals surface area contributed by atoms with E-state index >= 15 is 0 Å². The van der Waals surface area contributed by atoms with Gasteiger partial charge in [-0.05, 0) is 74.7 Å². The van der Waals surface area contributed by atoms with Crippen molar-refractivity contribution >= 4 is 11.7 Å². The molecule has 3 bridgehead atoms. The molecule has 3 aliphatic carbocycles. The van der Waals surface area contributed by atoms with Crippen LogP contribution in [0.2, 0.25) is 0 Å². The zero-order valence-electron chi connectivity index (χ0n) is 19.4. The standard InChI is InChI=1S/C27H36N4O/c1-17-11-24(20-8-4-3-5-9-20)30-25-23(16-28-31(17)25)26(32)29-18(2)27-13-19-7-6-10-21(14-27)22(12-19)15-27/h3-5,8-9,16-19,21-22,24,30H,6-7,10-15H2,1-2H3,(H,29,32). The normalized spacial score (nSPS) is 36.1. The molecule has 6 rings (SSSR count). The van der Waals surface area contributed by atoms with E-state index in [0.29, 0.717) is 11.0 Å². The van der Waals surface area contributed by atoms with Crippen LogP contribution in [0.1, 0.15) is 93.2 Å². The van der Waals surface area contributed by atoms with Crippen LogP contribution in [0.5, 0.6) is 0 Å². The summed E-state index contributed by atoms with van der Waals surface area (Å²) in [5.74, 6) is 3.55. The number of fused-ring (bicyclic) bond motifs is 3. The fraction of sp³-hybridized carbons (Fsp3) is 0.630. The first kappa shape index (κ1) is 20.3. The first-order chi connectivity index (χ1) is 15.5. The third-order valence-electron chi connectivity index (χ3n) is 9.34. The van der Waals surface area contributed by atoms with Crippen LogP contribution in [0.15, 0.2) is 36.5 Å². The van der Waals surface area contributed by atoms with E-state index in [2.05, 4.69) is 53.8 Å². The van der Waals surface area contributed by atoms with E-state index in [-0.39, 0.29) is 24.0 Å². The van der Waals surface area contributed by atoms with E-state index in [1.807, 2.05) is 10.7 Å². The number of hydrogen-bond acceptors (Lipinski definition) is 3. The van der Waals surface area contributed by atoms with Crippen molar-refractivity contribution in [3.63, 3.8) is 0 Å². The number of benzene rings is 1. The van der Waals surface area contributed by atoms with Gasteiger partial charge in [0.2, 0.25) is 0 Å². The van der Waals surface area contributed by atoms with Crippen LogP contribution in [-0.4, -0.2) is 21.7 Å². The quantitative estimate of drug-likeness (QED) is 0.649. The van der Waals surface area contributed by atoms with Crippen molar-refractivity contribution in [2.45, 2.75) is 83.3 Å². The summed E-state index contributed by atoms with van der Waals surface area (Å²) in [4.78, 5) is 13.5. The molecule has 0 spiro atoms. The van der Waals surface area contributed by atoms with E-state index in [1.54, 1.807) is 6.20 Å². The largest absolute Gasteiger partial charge is 0.363 e. The molecule has 0 saturated heterocycles. The predicted molar refractivity (Wildman–Crippen MR) is 127 cm³/mol. The Hall–Kier alpha value is -2.30. The van der Waals surface area contributed by atoms with Crippen LogP contribution < -0.4 is 10.6 Å².